The summed E-state index contributed by atoms with van der Waals surface area (Å²) >= 11 is 1.32. The summed E-state index contributed by atoms with van der Waals surface area (Å²) in [5, 5.41) is 14.1. The predicted molar refractivity (Wildman–Crippen MR) is 68.3 cm³/mol. The highest BCUT2D eigenvalue weighted by Crippen LogP contribution is 2.16. The Bertz CT molecular complexity index is 540. The topological polar surface area (TPSA) is 66.9 Å². The molecule has 2 rings (SSSR count). The van der Waals surface area contributed by atoms with Crippen LogP contribution in [0.4, 0.5) is 20.0 Å². The molecule has 1 aromatic carbocycles. The fraction of sp³-hybridized carbons (Fsp3) is 0.182. The first kappa shape index (κ1) is 12.4. The summed E-state index contributed by atoms with van der Waals surface area (Å²) in [6, 6.07) is 5.07. The average molecular weight is 266 g/mol. The van der Waals surface area contributed by atoms with Gasteiger partial charge in [-0.25, -0.2) is 9.18 Å². The fourth-order valence-electron chi connectivity index (χ4n) is 1.24. The van der Waals surface area contributed by atoms with Gasteiger partial charge in [-0.1, -0.05) is 18.3 Å². The Kier molecular flexibility index (Phi) is 3.83. The maximum absolute atomic E-state index is 12.7. The van der Waals surface area contributed by atoms with E-state index in [0.717, 1.165) is 11.4 Å². The minimum atomic E-state index is -0.430. The number of nitrogens with one attached hydrogen (secondary N) is 2. The minimum absolute atomic E-state index is 0.349. The van der Waals surface area contributed by atoms with Crippen LogP contribution in [0.5, 0.6) is 0 Å². The lowest BCUT2D eigenvalue weighted by molar-refractivity contribution is 0.262. The van der Waals surface area contributed by atoms with E-state index in [4.69, 9.17) is 0 Å². The average Bonchev–Trinajstić information content (AvgIpc) is 2.79. The van der Waals surface area contributed by atoms with E-state index in [1.54, 1.807) is 0 Å². The van der Waals surface area contributed by atoms with Gasteiger partial charge in [0.2, 0.25) is 5.13 Å². The number of urea groups is 1. The molecule has 94 valence electrons. The first-order valence-corrected chi connectivity index (χ1v) is 6.15. The van der Waals surface area contributed by atoms with Crippen LogP contribution in [0.25, 0.3) is 0 Å². The molecule has 5 nitrogen and oxygen atoms in total. The van der Waals surface area contributed by atoms with Crippen molar-refractivity contribution < 1.29 is 9.18 Å². The lowest BCUT2D eigenvalue weighted by atomic mass is 10.3. The van der Waals surface area contributed by atoms with Gasteiger partial charge in [0.1, 0.15) is 10.8 Å². The van der Waals surface area contributed by atoms with Crippen LogP contribution in [0, 0.1) is 5.82 Å². The number of carbonyl (C=O) groups is 1. The molecule has 0 fully saturated rings. The van der Waals surface area contributed by atoms with Crippen molar-refractivity contribution in [2.45, 2.75) is 13.3 Å². The highest BCUT2D eigenvalue weighted by molar-refractivity contribution is 7.15. The van der Waals surface area contributed by atoms with E-state index in [-0.39, 0.29) is 5.82 Å². The van der Waals surface area contributed by atoms with Crippen LogP contribution in [-0.2, 0) is 6.42 Å². The summed E-state index contributed by atoms with van der Waals surface area (Å²) in [5.74, 6) is -0.349. The van der Waals surface area contributed by atoms with Crippen LogP contribution in [0.3, 0.4) is 0 Å². The zero-order chi connectivity index (χ0) is 13.0. The number of carbonyl (C=O) groups excluding carboxylic acids is 1. The first-order chi connectivity index (χ1) is 8.67. The minimum Gasteiger partial charge on any atom is -0.308 e. The number of halogens is 1. The number of hydrogen-bond acceptors (Lipinski definition) is 4. The van der Waals surface area contributed by atoms with E-state index in [1.807, 2.05) is 6.92 Å². The molecule has 0 radical (unpaired) electrons. The Morgan fingerprint density at radius 1 is 1.28 bits per heavy atom. The number of anilines is 2. The van der Waals surface area contributed by atoms with Gasteiger partial charge in [-0.3, -0.25) is 5.32 Å². The second kappa shape index (κ2) is 5.54. The largest absolute Gasteiger partial charge is 0.325 e. The summed E-state index contributed by atoms with van der Waals surface area (Å²) < 4.78 is 12.7. The number of hydrogen-bond donors (Lipinski definition) is 2. The molecule has 1 heterocycles. The third-order valence-electron chi connectivity index (χ3n) is 2.09. The van der Waals surface area contributed by atoms with Crippen LogP contribution in [0.2, 0.25) is 0 Å². The summed E-state index contributed by atoms with van der Waals surface area (Å²) in [7, 11) is 0. The normalized spacial score (nSPS) is 10.1. The van der Waals surface area contributed by atoms with Crippen LogP contribution < -0.4 is 10.6 Å². The van der Waals surface area contributed by atoms with Gasteiger partial charge in [0.15, 0.2) is 0 Å². The van der Waals surface area contributed by atoms with Gasteiger partial charge < -0.3 is 5.32 Å². The van der Waals surface area contributed by atoms with E-state index in [0.29, 0.717) is 10.8 Å². The maximum atomic E-state index is 12.7. The van der Waals surface area contributed by atoms with Crippen molar-refractivity contribution in [2.75, 3.05) is 10.6 Å². The van der Waals surface area contributed by atoms with Gasteiger partial charge in [-0.15, -0.1) is 10.2 Å². The van der Waals surface area contributed by atoms with E-state index in [9.17, 15) is 9.18 Å². The van der Waals surface area contributed by atoms with E-state index >= 15 is 0 Å². The zero-order valence-corrected chi connectivity index (χ0v) is 10.4. The number of benzene rings is 1. The van der Waals surface area contributed by atoms with Gasteiger partial charge in [-0.2, -0.15) is 0 Å². The molecule has 1 aromatic heterocycles. The summed E-state index contributed by atoms with van der Waals surface area (Å²) in [5.41, 5.74) is 0.508. The molecule has 0 saturated heterocycles. The highest BCUT2D eigenvalue weighted by atomic mass is 32.1. The molecule has 0 unspecified atom stereocenters. The Balaban J connectivity index is 1.94. The molecule has 0 atom stereocenters. The van der Waals surface area contributed by atoms with Crippen molar-refractivity contribution in [1.82, 2.24) is 10.2 Å². The van der Waals surface area contributed by atoms with E-state index in [1.165, 1.54) is 35.6 Å². The van der Waals surface area contributed by atoms with Crippen molar-refractivity contribution >= 4 is 28.2 Å². The van der Waals surface area contributed by atoms with Gasteiger partial charge in [-0.05, 0) is 30.7 Å². The predicted octanol–water partition coefficient (Wildman–Crippen LogP) is 2.88. The number of rotatable bonds is 3. The fourth-order valence-corrected chi connectivity index (χ4v) is 1.91. The maximum Gasteiger partial charge on any atom is 0.325 e. The summed E-state index contributed by atoms with van der Waals surface area (Å²) in [6.45, 7) is 1.96. The molecule has 0 saturated carbocycles. The van der Waals surface area contributed by atoms with Crippen molar-refractivity contribution in [3.63, 3.8) is 0 Å². The molecule has 2 N–H and O–H groups in total. The molecule has 0 spiro atoms. The number of aromatic nitrogens is 2. The lowest BCUT2D eigenvalue weighted by Crippen LogP contribution is -2.19. The SMILES string of the molecule is CCc1nnc(NC(=O)Nc2ccc(F)cc2)s1. The summed E-state index contributed by atoms with van der Waals surface area (Å²) in [6.07, 6.45) is 0.777. The third kappa shape index (κ3) is 3.24. The standard InChI is InChI=1S/C11H11FN4OS/c1-2-9-15-16-11(18-9)14-10(17)13-8-5-3-7(12)4-6-8/h3-6H,2H2,1H3,(H2,13,14,16,17). The Hall–Kier alpha value is -2.02. The Morgan fingerprint density at radius 3 is 2.61 bits per heavy atom. The van der Waals surface area contributed by atoms with Crippen LogP contribution >= 0.6 is 11.3 Å². The first-order valence-electron chi connectivity index (χ1n) is 5.33. The van der Waals surface area contributed by atoms with Gasteiger partial charge in [0, 0.05) is 5.69 Å². The van der Waals surface area contributed by atoms with Crippen LogP contribution in [0.15, 0.2) is 24.3 Å². The quantitative estimate of drug-likeness (QED) is 0.897. The molecule has 2 amide bonds. The van der Waals surface area contributed by atoms with Gasteiger partial charge in [0.05, 0.1) is 0 Å². The smallest absolute Gasteiger partial charge is 0.308 e. The van der Waals surface area contributed by atoms with Crippen LogP contribution in [-0.4, -0.2) is 16.2 Å². The summed E-state index contributed by atoms with van der Waals surface area (Å²) in [4.78, 5) is 11.6. The molecule has 0 aliphatic carbocycles. The molecular formula is C11H11FN4OS. The van der Waals surface area contributed by atoms with Gasteiger partial charge in [0.25, 0.3) is 0 Å². The van der Waals surface area contributed by atoms with Crippen molar-refractivity contribution in [3.05, 3.63) is 35.1 Å². The van der Waals surface area contributed by atoms with E-state index in [2.05, 4.69) is 20.8 Å². The van der Waals surface area contributed by atoms with Crippen molar-refractivity contribution in [3.8, 4) is 0 Å². The molecule has 0 aliphatic heterocycles. The zero-order valence-electron chi connectivity index (χ0n) is 9.61. The van der Waals surface area contributed by atoms with E-state index < -0.39 is 6.03 Å². The highest BCUT2D eigenvalue weighted by Gasteiger charge is 2.07. The number of amides is 2. The molecule has 0 aliphatic rings. The second-order valence-electron chi connectivity index (χ2n) is 3.44. The van der Waals surface area contributed by atoms with Crippen molar-refractivity contribution in [1.29, 1.82) is 0 Å². The molecule has 2 aromatic rings. The third-order valence-corrected chi connectivity index (χ3v) is 3.07. The lowest BCUT2D eigenvalue weighted by Gasteiger charge is -2.04. The molecule has 7 heteroatoms. The Labute approximate surface area is 107 Å². The molecule has 18 heavy (non-hydrogen) atoms. The second-order valence-corrected chi connectivity index (χ2v) is 4.50. The Morgan fingerprint density at radius 2 is 2.00 bits per heavy atom. The van der Waals surface area contributed by atoms with Crippen molar-refractivity contribution in [2.24, 2.45) is 0 Å². The van der Waals surface area contributed by atoms with Gasteiger partial charge >= 0.3 is 6.03 Å². The monoisotopic (exact) mass is 266 g/mol. The molecular weight excluding hydrogens is 255 g/mol. The number of nitrogens with zero attached hydrogens (tertiary/aromatic N) is 2. The number of aryl methyl sites for hydroxylation is 1. The van der Waals surface area contributed by atoms with Crippen LogP contribution in [0.1, 0.15) is 11.9 Å². The molecule has 0 bridgehead atoms.